The van der Waals surface area contributed by atoms with Crippen LogP contribution < -0.4 is 25.6 Å². The van der Waals surface area contributed by atoms with Crippen molar-refractivity contribution in [3.63, 3.8) is 0 Å². The van der Waals surface area contributed by atoms with Crippen LogP contribution in [-0.2, 0) is 32.9 Å². The highest BCUT2D eigenvalue weighted by atomic mass is 16.6. The summed E-state index contributed by atoms with van der Waals surface area (Å²) in [6.07, 6.45) is 6.82. The fraction of sp³-hybridized carbons (Fsp3) is 0.327. The van der Waals surface area contributed by atoms with Crippen molar-refractivity contribution in [3.8, 4) is 23.0 Å². The van der Waals surface area contributed by atoms with Crippen LogP contribution in [0.5, 0.6) is 23.0 Å². The minimum atomic E-state index is -1.40. The standard InChI is InChI=1S/C55H57N5O9/c1-3-34-12-11-14-39(28-34)59(4-2)50(63)33-60-46-15-8-7-13-36(46)30-47(60)53(66)58-38-19-16-35(17-20-38)51(64)56-26-9-5-6-10-27-57-52(65)37-18-23-43-42(29-37)54(67)69-55(43)44-24-21-40(61)31-48(44)68-49-32-41(62)22-25-45(49)55/h7-8,11-15,18,21-25,28-32,35,38,61-62H,3-6,9-10,16-17,19-20,26-27,33H2,1-2H3,(H,56,64)(H,57,65)(H,58,66). The molecule has 5 N–H and O–H groups in total. The van der Waals surface area contributed by atoms with E-state index < -0.39 is 11.6 Å². The summed E-state index contributed by atoms with van der Waals surface area (Å²) in [4.78, 5) is 69.2. The molecule has 69 heavy (non-hydrogen) atoms. The summed E-state index contributed by atoms with van der Waals surface area (Å²) in [5.41, 5.74) is 3.93. The van der Waals surface area contributed by atoms with Crippen molar-refractivity contribution in [1.82, 2.24) is 20.5 Å². The lowest BCUT2D eigenvalue weighted by Gasteiger charge is -2.36. The molecule has 356 valence electrons. The number of benzene rings is 5. The van der Waals surface area contributed by atoms with Crippen LogP contribution in [-0.4, -0.2) is 70.1 Å². The van der Waals surface area contributed by atoms with Gasteiger partial charge in [0.2, 0.25) is 11.8 Å². The quantitative estimate of drug-likeness (QED) is 0.0468. The van der Waals surface area contributed by atoms with Crippen LogP contribution in [0.25, 0.3) is 10.9 Å². The lowest BCUT2D eigenvalue weighted by atomic mass is 9.77. The molecule has 0 atom stereocenters. The number of fused-ring (bicyclic) bond motifs is 7. The number of likely N-dealkylation sites (N-methyl/N-ethyl adjacent to an activating group) is 1. The molecule has 14 heteroatoms. The van der Waals surface area contributed by atoms with E-state index in [4.69, 9.17) is 9.47 Å². The van der Waals surface area contributed by atoms with Crippen LogP contribution in [0.2, 0.25) is 0 Å². The van der Waals surface area contributed by atoms with E-state index in [-0.39, 0.29) is 70.7 Å². The van der Waals surface area contributed by atoms with Crippen LogP contribution in [0, 0.1) is 5.92 Å². The highest BCUT2D eigenvalue weighted by Crippen LogP contribution is 2.57. The zero-order valence-corrected chi connectivity index (χ0v) is 38.9. The van der Waals surface area contributed by atoms with Gasteiger partial charge in [-0.2, -0.15) is 0 Å². The van der Waals surface area contributed by atoms with E-state index in [1.54, 1.807) is 29.2 Å². The second-order valence-electron chi connectivity index (χ2n) is 18.1. The molecule has 1 aliphatic carbocycles. The number of esters is 1. The van der Waals surface area contributed by atoms with Crippen LogP contribution in [0.4, 0.5) is 5.69 Å². The fourth-order valence-electron chi connectivity index (χ4n) is 10.1. The second-order valence-corrected chi connectivity index (χ2v) is 18.1. The predicted molar refractivity (Wildman–Crippen MR) is 261 cm³/mol. The number of aryl methyl sites for hydroxylation is 1. The molecular weight excluding hydrogens is 875 g/mol. The summed E-state index contributed by atoms with van der Waals surface area (Å²) in [6.45, 7) is 5.56. The van der Waals surface area contributed by atoms with E-state index in [0.29, 0.717) is 73.3 Å². The number of nitrogens with one attached hydrogen (secondary N) is 3. The van der Waals surface area contributed by atoms with Crippen LogP contribution in [0.3, 0.4) is 0 Å². The Balaban J connectivity index is 0.706. The molecule has 3 heterocycles. The number of aromatic hydroxyl groups is 2. The Bertz CT molecular complexity index is 2900. The molecule has 3 aliphatic rings. The molecule has 9 rings (SSSR count). The third-order valence-corrected chi connectivity index (χ3v) is 13.7. The monoisotopic (exact) mass is 931 g/mol. The van der Waals surface area contributed by atoms with Crippen LogP contribution in [0.1, 0.15) is 119 Å². The molecule has 0 bridgehead atoms. The zero-order chi connectivity index (χ0) is 48.2. The number of para-hydroxylation sites is 1. The second kappa shape index (κ2) is 19.9. The van der Waals surface area contributed by atoms with Gasteiger partial charge in [-0.15, -0.1) is 0 Å². The number of amides is 4. The maximum atomic E-state index is 13.8. The average molecular weight is 932 g/mol. The highest BCUT2D eigenvalue weighted by Gasteiger charge is 2.54. The van der Waals surface area contributed by atoms with Crippen LogP contribution >= 0.6 is 0 Å². The van der Waals surface area contributed by atoms with E-state index >= 15 is 0 Å². The molecule has 0 radical (unpaired) electrons. The molecule has 2 aliphatic heterocycles. The van der Waals surface area contributed by atoms with Crippen molar-refractivity contribution >= 4 is 46.2 Å². The molecule has 1 spiro atoms. The van der Waals surface area contributed by atoms with Gasteiger partial charge in [-0.1, -0.05) is 56.2 Å². The first-order valence-electron chi connectivity index (χ1n) is 24.0. The molecule has 5 aromatic carbocycles. The Labute approximate surface area is 400 Å². The van der Waals surface area contributed by atoms with E-state index in [9.17, 15) is 34.2 Å². The van der Waals surface area contributed by atoms with Crippen molar-refractivity contribution in [3.05, 3.63) is 148 Å². The first-order valence-corrected chi connectivity index (χ1v) is 24.0. The van der Waals surface area contributed by atoms with Gasteiger partial charge in [0.15, 0.2) is 5.60 Å². The highest BCUT2D eigenvalue weighted by molar-refractivity contribution is 6.02. The summed E-state index contributed by atoms with van der Waals surface area (Å²) >= 11 is 0. The van der Waals surface area contributed by atoms with Gasteiger partial charge in [0, 0.05) is 82.6 Å². The lowest BCUT2D eigenvalue weighted by Crippen LogP contribution is -2.42. The number of anilines is 1. The molecular formula is C55H57N5O9. The topological polar surface area (TPSA) is 189 Å². The van der Waals surface area contributed by atoms with Crippen molar-refractivity contribution in [2.75, 3.05) is 24.5 Å². The number of hydrogen-bond donors (Lipinski definition) is 5. The molecule has 4 amide bonds. The summed E-state index contributed by atoms with van der Waals surface area (Å²) in [7, 11) is 0. The number of ether oxygens (including phenoxy) is 2. The molecule has 6 aromatic rings. The zero-order valence-electron chi connectivity index (χ0n) is 38.9. The first kappa shape index (κ1) is 46.5. The Kier molecular flexibility index (Phi) is 13.4. The third-order valence-electron chi connectivity index (χ3n) is 13.7. The summed E-state index contributed by atoms with van der Waals surface area (Å²) in [5.74, 6) is -0.874. The smallest absolute Gasteiger partial charge is 0.340 e. The number of unbranched alkanes of at least 4 members (excludes halogenated alkanes) is 3. The van der Waals surface area contributed by atoms with Gasteiger partial charge in [-0.3, -0.25) is 19.2 Å². The van der Waals surface area contributed by atoms with E-state index in [2.05, 4.69) is 28.9 Å². The number of rotatable bonds is 16. The molecule has 0 unspecified atom stereocenters. The largest absolute Gasteiger partial charge is 0.508 e. The van der Waals surface area contributed by atoms with Crippen molar-refractivity contribution < 1.29 is 43.7 Å². The average Bonchev–Trinajstić information content (AvgIpc) is 3.86. The SMILES string of the molecule is CCc1cccc(N(CC)C(=O)Cn2c(C(=O)NC3CCC(C(=O)NCCCCCCNC(=O)c4ccc5c(c4)C(=O)OC54c5ccc(O)cc5Oc5cc(O)ccc54)CC3)cc3ccccc32)c1. The third kappa shape index (κ3) is 9.35. The lowest BCUT2D eigenvalue weighted by molar-refractivity contribution is -0.126. The van der Waals surface area contributed by atoms with Gasteiger partial charge >= 0.3 is 5.97 Å². The maximum Gasteiger partial charge on any atom is 0.340 e. The maximum absolute atomic E-state index is 13.8. The van der Waals surface area contributed by atoms with E-state index in [0.717, 1.165) is 54.3 Å². The number of phenolic OH excluding ortho intramolecular Hbond substituents is 2. The number of phenols is 2. The summed E-state index contributed by atoms with van der Waals surface area (Å²) < 4.78 is 13.9. The number of carbonyl (C=O) groups excluding carboxylic acids is 5. The van der Waals surface area contributed by atoms with Gasteiger partial charge in [0.1, 0.15) is 35.2 Å². The Morgan fingerprint density at radius 3 is 2.10 bits per heavy atom. The van der Waals surface area contributed by atoms with Crippen LogP contribution in [0.15, 0.2) is 109 Å². The van der Waals surface area contributed by atoms with Crippen molar-refractivity contribution in [1.29, 1.82) is 0 Å². The molecule has 1 aromatic heterocycles. The molecule has 14 nitrogen and oxygen atoms in total. The molecule has 1 fully saturated rings. The minimum absolute atomic E-state index is 0.0231. The van der Waals surface area contributed by atoms with E-state index in [1.807, 2.05) is 60.0 Å². The number of hydrogen-bond acceptors (Lipinski definition) is 9. The van der Waals surface area contributed by atoms with Crippen molar-refractivity contribution in [2.45, 2.75) is 89.8 Å². The minimum Gasteiger partial charge on any atom is -0.508 e. The van der Waals surface area contributed by atoms with Crippen molar-refractivity contribution in [2.24, 2.45) is 5.92 Å². The van der Waals surface area contributed by atoms with Gasteiger partial charge < -0.3 is 45.1 Å². The fourth-order valence-corrected chi connectivity index (χ4v) is 10.1. The molecule has 1 saturated carbocycles. The van der Waals surface area contributed by atoms with Gasteiger partial charge in [0.25, 0.3) is 11.8 Å². The predicted octanol–water partition coefficient (Wildman–Crippen LogP) is 8.63. The van der Waals surface area contributed by atoms with Gasteiger partial charge in [-0.25, -0.2) is 4.79 Å². The number of aromatic nitrogens is 1. The Morgan fingerprint density at radius 2 is 1.41 bits per heavy atom. The van der Waals surface area contributed by atoms with E-state index in [1.165, 1.54) is 30.3 Å². The molecule has 0 saturated heterocycles. The summed E-state index contributed by atoms with van der Waals surface area (Å²) in [6, 6.07) is 31.5. The Hall–Kier alpha value is -7.61. The first-order chi connectivity index (χ1) is 33.5. The number of carbonyl (C=O) groups is 5. The van der Waals surface area contributed by atoms with Gasteiger partial charge in [0.05, 0.1) is 5.56 Å². The summed E-state index contributed by atoms with van der Waals surface area (Å²) in [5, 5.41) is 30.5. The Morgan fingerprint density at radius 1 is 0.725 bits per heavy atom. The van der Waals surface area contributed by atoms with Gasteiger partial charge in [-0.05, 0) is 118 Å². The normalized spacial score (nSPS) is 16.4. The number of nitrogens with zero attached hydrogens (tertiary/aromatic N) is 2.